The number of hydrogen-bond acceptors (Lipinski definition) is 9. The molecule has 7 N–H and O–H groups in total. The number of allylic oxidation sites excluding steroid dienone is 7. The number of rotatable bonds is 42. The van der Waals surface area contributed by atoms with Gasteiger partial charge in [0.15, 0.2) is 6.29 Å². The topological polar surface area (TPSA) is 169 Å². The largest absolute Gasteiger partial charge is 0.394 e. The van der Waals surface area contributed by atoms with Gasteiger partial charge in [0.05, 0.1) is 25.4 Å². The second-order valence-corrected chi connectivity index (χ2v) is 17.7. The summed E-state index contributed by atoms with van der Waals surface area (Å²) in [6, 6.07) is -1.01. The summed E-state index contributed by atoms with van der Waals surface area (Å²) in [5.74, 6) is -0.635. The molecule has 0 spiro atoms. The first kappa shape index (κ1) is 58.1. The number of carbonyl (C=O) groups is 1. The molecule has 8 atom stereocenters. The zero-order valence-electron chi connectivity index (χ0n) is 39.5. The van der Waals surface area contributed by atoms with Crippen LogP contribution in [-0.2, 0) is 14.3 Å². The Morgan fingerprint density at radius 1 is 0.548 bits per heavy atom. The lowest BCUT2D eigenvalue weighted by Gasteiger charge is -2.40. The van der Waals surface area contributed by atoms with Crippen molar-refractivity contribution in [2.75, 3.05) is 13.2 Å². The van der Waals surface area contributed by atoms with Crippen LogP contribution in [0, 0.1) is 0 Å². The summed E-state index contributed by atoms with van der Waals surface area (Å²) >= 11 is 0. The lowest BCUT2D eigenvalue weighted by Crippen LogP contribution is -2.60. The van der Waals surface area contributed by atoms with Gasteiger partial charge in [0.1, 0.15) is 30.5 Å². The predicted octanol–water partition coefficient (Wildman–Crippen LogP) is 10.4. The minimum Gasteiger partial charge on any atom is -0.394 e. The maximum Gasteiger partial charge on any atom is 0.249 e. The number of hydrogen-bond donors (Lipinski definition) is 7. The minimum atomic E-state index is -1.62. The molecular weight excluding hydrogens is 783 g/mol. The third-order valence-electron chi connectivity index (χ3n) is 12.0. The fourth-order valence-electron chi connectivity index (χ4n) is 7.78. The van der Waals surface area contributed by atoms with Crippen molar-refractivity contribution < 1.29 is 44.9 Å². The van der Waals surface area contributed by atoms with Gasteiger partial charge in [0.2, 0.25) is 5.91 Å². The summed E-state index contributed by atoms with van der Waals surface area (Å²) in [4.78, 5) is 13.1. The fourth-order valence-corrected chi connectivity index (χ4v) is 7.78. The van der Waals surface area contributed by atoms with Crippen molar-refractivity contribution in [3.05, 3.63) is 48.6 Å². The lowest BCUT2D eigenvalue weighted by molar-refractivity contribution is -0.302. The fraction of sp³-hybridized carbons (Fsp3) is 0.827. The van der Waals surface area contributed by atoms with Crippen LogP contribution in [-0.4, -0.2) is 98.7 Å². The van der Waals surface area contributed by atoms with Crippen molar-refractivity contribution in [3.63, 3.8) is 0 Å². The van der Waals surface area contributed by atoms with Crippen molar-refractivity contribution >= 4 is 5.91 Å². The molecule has 62 heavy (non-hydrogen) atoms. The van der Waals surface area contributed by atoms with Crippen LogP contribution in [0.5, 0.6) is 0 Å². The number of amides is 1. The van der Waals surface area contributed by atoms with E-state index in [9.17, 15) is 35.4 Å². The van der Waals surface area contributed by atoms with Crippen LogP contribution in [0.2, 0.25) is 0 Å². The summed E-state index contributed by atoms with van der Waals surface area (Å²) < 4.78 is 11.1. The zero-order chi connectivity index (χ0) is 45.3. The predicted molar refractivity (Wildman–Crippen MR) is 255 cm³/mol. The van der Waals surface area contributed by atoms with Crippen molar-refractivity contribution in [2.24, 2.45) is 0 Å². The maximum atomic E-state index is 13.1. The van der Waals surface area contributed by atoms with Gasteiger partial charge in [-0.25, -0.2) is 0 Å². The van der Waals surface area contributed by atoms with Crippen LogP contribution >= 0.6 is 0 Å². The molecule has 0 aromatic heterocycles. The molecule has 0 aromatic carbocycles. The molecule has 8 unspecified atom stereocenters. The Morgan fingerprint density at radius 3 is 1.40 bits per heavy atom. The first-order valence-electron chi connectivity index (χ1n) is 25.5. The highest BCUT2D eigenvalue weighted by Gasteiger charge is 2.44. The highest BCUT2D eigenvalue weighted by molar-refractivity contribution is 5.80. The molecule has 1 heterocycles. The second-order valence-electron chi connectivity index (χ2n) is 17.7. The van der Waals surface area contributed by atoms with E-state index in [0.717, 1.165) is 51.4 Å². The van der Waals surface area contributed by atoms with E-state index in [1.165, 1.54) is 128 Å². The van der Waals surface area contributed by atoms with Crippen molar-refractivity contribution in [1.29, 1.82) is 0 Å². The molecule has 0 radical (unpaired) electrons. The number of nitrogens with one attached hydrogen (secondary N) is 1. The highest BCUT2D eigenvalue weighted by atomic mass is 16.7. The summed E-state index contributed by atoms with van der Waals surface area (Å²) in [6.07, 6.45) is 43.4. The molecule has 1 fully saturated rings. The average molecular weight is 878 g/mol. The summed E-state index contributed by atoms with van der Waals surface area (Å²) in [7, 11) is 0. The molecule has 10 heteroatoms. The number of aliphatic hydroxyl groups excluding tert-OH is 6. The van der Waals surface area contributed by atoms with E-state index in [-0.39, 0.29) is 6.61 Å². The number of aliphatic hydroxyl groups is 6. The minimum absolute atomic E-state index is 0.293. The van der Waals surface area contributed by atoms with Gasteiger partial charge in [-0.15, -0.1) is 0 Å². The Labute approximate surface area is 378 Å². The summed E-state index contributed by atoms with van der Waals surface area (Å²) in [6.45, 7) is 3.58. The van der Waals surface area contributed by atoms with Crippen LogP contribution < -0.4 is 5.32 Å². The second kappa shape index (κ2) is 41.8. The standard InChI is InChI=1S/C52H95NO9/c1-3-5-7-9-11-13-15-17-19-21-22-23-24-25-27-29-31-33-35-37-39-41-46(56)51(60)53-44(43-61-52-50(59)49(58)48(57)47(42-54)62-52)45(55)40-38-36-34-32-30-28-26-20-18-16-14-12-10-8-6-4-2/h18,20,24-25,30,32,38,40,44-50,52,54-59H,3-17,19,21-23,26-29,31,33-37,39,41-43H2,1-2H3,(H,53,60)/b20-18+,25-24-,32-30+,40-38+. The van der Waals surface area contributed by atoms with Crippen molar-refractivity contribution in [1.82, 2.24) is 5.32 Å². The molecule has 1 amide bonds. The lowest BCUT2D eigenvalue weighted by atomic mass is 9.99. The SMILES string of the molecule is CCCCCCCC/C=C/CC/C=C/CC/C=C/C(O)C(COC1OC(CO)C(O)C(O)C1O)NC(=O)C(O)CCCCCCCC/C=C\CCCCCCCCCCCCC. The van der Waals surface area contributed by atoms with E-state index in [1.807, 2.05) is 6.08 Å². The Hall–Kier alpha value is -1.89. The van der Waals surface area contributed by atoms with Crippen LogP contribution in [0.15, 0.2) is 48.6 Å². The molecule has 0 bridgehead atoms. The van der Waals surface area contributed by atoms with E-state index < -0.39 is 61.5 Å². The van der Waals surface area contributed by atoms with E-state index >= 15 is 0 Å². The van der Waals surface area contributed by atoms with Gasteiger partial charge in [0.25, 0.3) is 0 Å². The molecule has 0 aromatic rings. The average Bonchev–Trinajstić information content (AvgIpc) is 3.27. The van der Waals surface area contributed by atoms with Gasteiger partial charge in [-0.2, -0.15) is 0 Å². The Bertz CT molecular complexity index is 1130. The third kappa shape index (κ3) is 31.1. The van der Waals surface area contributed by atoms with E-state index in [2.05, 4.69) is 55.6 Å². The monoisotopic (exact) mass is 878 g/mol. The van der Waals surface area contributed by atoms with E-state index in [4.69, 9.17) is 9.47 Å². The van der Waals surface area contributed by atoms with Crippen molar-refractivity contribution in [3.8, 4) is 0 Å². The summed E-state index contributed by atoms with van der Waals surface area (Å²) in [5, 5.41) is 64.8. The smallest absolute Gasteiger partial charge is 0.249 e. The third-order valence-corrected chi connectivity index (χ3v) is 12.0. The number of carbonyl (C=O) groups excluding carboxylic acids is 1. The van der Waals surface area contributed by atoms with Gasteiger partial charge in [-0.05, 0) is 70.6 Å². The molecule has 0 aliphatic carbocycles. The highest BCUT2D eigenvalue weighted by Crippen LogP contribution is 2.23. The molecule has 1 aliphatic heterocycles. The van der Waals surface area contributed by atoms with Gasteiger partial charge < -0.3 is 45.4 Å². The van der Waals surface area contributed by atoms with Crippen LogP contribution in [0.1, 0.15) is 213 Å². The first-order chi connectivity index (χ1) is 30.3. The Balaban J connectivity index is 2.38. The first-order valence-corrected chi connectivity index (χ1v) is 25.5. The molecule has 1 aliphatic rings. The summed E-state index contributed by atoms with van der Waals surface area (Å²) in [5.41, 5.74) is 0. The van der Waals surface area contributed by atoms with E-state index in [0.29, 0.717) is 19.3 Å². The van der Waals surface area contributed by atoms with Gasteiger partial charge in [-0.3, -0.25) is 4.79 Å². The Kier molecular flexibility index (Phi) is 39.2. The molecule has 362 valence electrons. The van der Waals surface area contributed by atoms with Gasteiger partial charge in [-0.1, -0.05) is 191 Å². The zero-order valence-corrected chi connectivity index (χ0v) is 39.5. The normalized spacial score (nSPS) is 21.2. The van der Waals surface area contributed by atoms with Crippen LogP contribution in [0.3, 0.4) is 0 Å². The molecule has 1 saturated heterocycles. The maximum absolute atomic E-state index is 13.1. The van der Waals surface area contributed by atoms with Gasteiger partial charge in [0, 0.05) is 0 Å². The molecule has 0 saturated carbocycles. The Morgan fingerprint density at radius 2 is 0.952 bits per heavy atom. The van der Waals surface area contributed by atoms with Crippen LogP contribution in [0.4, 0.5) is 0 Å². The molecule has 10 nitrogen and oxygen atoms in total. The van der Waals surface area contributed by atoms with E-state index in [1.54, 1.807) is 6.08 Å². The van der Waals surface area contributed by atoms with Crippen LogP contribution in [0.25, 0.3) is 0 Å². The molecular formula is C52H95NO9. The number of unbranched alkanes of at least 4 members (excludes halogenated alkanes) is 25. The molecule has 1 rings (SSSR count). The quantitative estimate of drug-likeness (QED) is 0.0233. The van der Waals surface area contributed by atoms with Gasteiger partial charge >= 0.3 is 0 Å². The van der Waals surface area contributed by atoms with Crippen molar-refractivity contribution in [2.45, 2.75) is 262 Å². The number of ether oxygens (including phenoxy) is 2.